The van der Waals surface area contributed by atoms with Gasteiger partial charge >= 0.3 is 0 Å². The summed E-state index contributed by atoms with van der Waals surface area (Å²) in [7, 11) is 0. The number of nitrogens with one attached hydrogen (secondary N) is 1. The van der Waals surface area contributed by atoms with Crippen LogP contribution >= 0.6 is 23.5 Å². The first-order chi connectivity index (χ1) is 8.93. The molecule has 2 aliphatic heterocycles. The molecular weight excluding hydrogens is 262 g/mol. The lowest BCUT2D eigenvalue weighted by atomic mass is 9.95. The maximum atomic E-state index is 4.39. The van der Waals surface area contributed by atoms with Crippen LogP contribution in [0, 0.1) is 0 Å². The highest BCUT2D eigenvalue weighted by molar-refractivity contribution is 8.06. The molecule has 1 N–H and O–H groups in total. The van der Waals surface area contributed by atoms with Crippen LogP contribution in [0.2, 0.25) is 0 Å². The molecule has 2 fully saturated rings. The van der Waals surface area contributed by atoms with E-state index in [9.17, 15) is 0 Å². The summed E-state index contributed by atoms with van der Waals surface area (Å²) in [6, 6.07) is 0. The molecule has 5 heteroatoms. The molecule has 1 aromatic heterocycles. The Hall–Kier alpha value is -0.130. The minimum atomic E-state index is 0.718. The van der Waals surface area contributed by atoms with E-state index in [-0.39, 0.29) is 0 Å². The summed E-state index contributed by atoms with van der Waals surface area (Å²) < 4.78 is 2.42. The molecule has 3 nitrogen and oxygen atoms in total. The van der Waals surface area contributed by atoms with Gasteiger partial charge in [-0.3, -0.25) is 0 Å². The second-order valence-corrected chi connectivity index (χ2v) is 7.62. The van der Waals surface area contributed by atoms with Gasteiger partial charge in [0.25, 0.3) is 0 Å². The molecular formula is C13H21N3S2. The zero-order chi connectivity index (χ0) is 12.2. The number of hydrogen-bond acceptors (Lipinski definition) is 4. The van der Waals surface area contributed by atoms with Crippen LogP contribution in [-0.2, 0) is 6.54 Å². The number of rotatable bonds is 3. The van der Waals surface area contributed by atoms with Crippen molar-refractivity contribution in [3.8, 4) is 0 Å². The van der Waals surface area contributed by atoms with Gasteiger partial charge in [-0.15, -0.1) is 0 Å². The quantitative estimate of drug-likeness (QED) is 0.921. The Labute approximate surface area is 118 Å². The van der Waals surface area contributed by atoms with E-state index >= 15 is 0 Å². The van der Waals surface area contributed by atoms with E-state index in [1.165, 1.54) is 35.8 Å². The van der Waals surface area contributed by atoms with Crippen molar-refractivity contribution < 1.29 is 0 Å². The fraction of sp³-hybridized carbons (Fsp3) is 0.769. The first-order valence-corrected chi connectivity index (χ1v) is 9.04. The molecule has 1 atom stereocenters. The van der Waals surface area contributed by atoms with Crippen LogP contribution < -0.4 is 5.32 Å². The predicted octanol–water partition coefficient (Wildman–Crippen LogP) is 2.20. The van der Waals surface area contributed by atoms with Crippen molar-refractivity contribution in [1.82, 2.24) is 14.9 Å². The average Bonchev–Trinajstić information content (AvgIpc) is 2.89. The smallest absolute Gasteiger partial charge is 0.0948 e. The summed E-state index contributed by atoms with van der Waals surface area (Å²) in [5.41, 5.74) is 1.47. The van der Waals surface area contributed by atoms with E-state index in [1.54, 1.807) is 0 Å². The molecule has 2 saturated heterocycles. The molecule has 100 valence electrons. The Kier molecular flexibility index (Phi) is 4.54. The molecule has 18 heavy (non-hydrogen) atoms. The summed E-state index contributed by atoms with van der Waals surface area (Å²) in [4.78, 5) is 4.39. The Morgan fingerprint density at radius 2 is 2.22 bits per heavy atom. The zero-order valence-electron chi connectivity index (χ0n) is 10.7. The van der Waals surface area contributed by atoms with Gasteiger partial charge in [0.15, 0.2) is 0 Å². The fourth-order valence-electron chi connectivity index (χ4n) is 2.80. The molecule has 0 aromatic carbocycles. The lowest BCUT2D eigenvalue weighted by Crippen LogP contribution is -2.28. The second kappa shape index (κ2) is 6.35. The molecule has 2 aliphatic rings. The Morgan fingerprint density at radius 3 is 3.00 bits per heavy atom. The van der Waals surface area contributed by atoms with Gasteiger partial charge in [-0.1, -0.05) is 0 Å². The first-order valence-electron chi connectivity index (χ1n) is 6.83. The standard InChI is InChI=1S/C13H21N3S2/c1-3-14-4-2-11(1)13-7-15-10-16(13)8-12-9-17-5-6-18-12/h7,10-12,14H,1-6,8-9H2. The van der Waals surface area contributed by atoms with Gasteiger partial charge in [0.2, 0.25) is 0 Å². The molecule has 0 aliphatic carbocycles. The molecule has 0 saturated carbocycles. The second-order valence-electron chi connectivity index (χ2n) is 5.06. The predicted molar refractivity (Wildman–Crippen MR) is 80.6 cm³/mol. The Bertz CT molecular complexity index is 368. The summed E-state index contributed by atoms with van der Waals surface area (Å²) >= 11 is 4.24. The molecule has 3 heterocycles. The number of piperidine rings is 1. The highest BCUT2D eigenvalue weighted by atomic mass is 32.2. The number of nitrogens with zero attached hydrogens (tertiary/aromatic N) is 2. The van der Waals surface area contributed by atoms with E-state index in [1.807, 2.05) is 6.33 Å². The topological polar surface area (TPSA) is 29.9 Å². The third-order valence-corrected chi connectivity index (χ3v) is 6.61. The molecule has 0 bridgehead atoms. The van der Waals surface area contributed by atoms with Crippen LogP contribution in [0.4, 0.5) is 0 Å². The van der Waals surface area contributed by atoms with E-state index in [4.69, 9.17) is 0 Å². The molecule has 0 radical (unpaired) electrons. The third kappa shape index (κ3) is 3.06. The average molecular weight is 283 g/mol. The number of imidazole rings is 1. The van der Waals surface area contributed by atoms with Gasteiger partial charge in [0.05, 0.1) is 6.33 Å². The van der Waals surface area contributed by atoms with Crippen molar-refractivity contribution >= 4 is 23.5 Å². The van der Waals surface area contributed by atoms with Gasteiger partial charge in [-0.25, -0.2) is 4.98 Å². The van der Waals surface area contributed by atoms with Gasteiger partial charge < -0.3 is 9.88 Å². The van der Waals surface area contributed by atoms with Crippen molar-refractivity contribution in [1.29, 1.82) is 0 Å². The summed E-state index contributed by atoms with van der Waals surface area (Å²) in [5.74, 6) is 4.66. The van der Waals surface area contributed by atoms with E-state index < -0.39 is 0 Å². The van der Waals surface area contributed by atoms with Crippen molar-refractivity contribution in [2.24, 2.45) is 0 Å². The number of hydrogen-bond donors (Lipinski definition) is 1. The van der Waals surface area contributed by atoms with Crippen molar-refractivity contribution in [3.05, 3.63) is 18.2 Å². The number of aromatic nitrogens is 2. The highest BCUT2D eigenvalue weighted by Crippen LogP contribution is 2.28. The van der Waals surface area contributed by atoms with Crippen LogP contribution in [0.25, 0.3) is 0 Å². The van der Waals surface area contributed by atoms with Gasteiger partial charge in [-0.2, -0.15) is 23.5 Å². The van der Waals surface area contributed by atoms with Crippen molar-refractivity contribution in [3.63, 3.8) is 0 Å². The maximum absolute atomic E-state index is 4.39. The molecule has 3 rings (SSSR count). The fourth-order valence-corrected chi connectivity index (χ4v) is 5.47. The Balaban J connectivity index is 1.66. The highest BCUT2D eigenvalue weighted by Gasteiger charge is 2.21. The first kappa shape index (κ1) is 12.9. The van der Waals surface area contributed by atoms with E-state index in [2.05, 4.69) is 44.6 Å². The lowest BCUT2D eigenvalue weighted by molar-refractivity contribution is 0.439. The Morgan fingerprint density at radius 1 is 1.33 bits per heavy atom. The molecule has 0 amide bonds. The van der Waals surface area contributed by atoms with Crippen LogP contribution in [-0.4, -0.2) is 45.1 Å². The monoisotopic (exact) mass is 283 g/mol. The van der Waals surface area contributed by atoms with Crippen LogP contribution in [0.3, 0.4) is 0 Å². The minimum absolute atomic E-state index is 0.718. The van der Waals surface area contributed by atoms with E-state index in [0.717, 1.165) is 30.8 Å². The third-order valence-electron chi connectivity index (χ3n) is 3.79. The summed E-state index contributed by atoms with van der Waals surface area (Å²) in [6.45, 7) is 3.46. The van der Waals surface area contributed by atoms with Crippen LogP contribution in [0.5, 0.6) is 0 Å². The maximum Gasteiger partial charge on any atom is 0.0948 e. The molecule has 1 unspecified atom stereocenters. The lowest BCUT2D eigenvalue weighted by Gasteiger charge is -2.26. The number of thioether (sulfide) groups is 2. The van der Waals surface area contributed by atoms with Gasteiger partial charge in [0.1, 0.15) is 0 Å². The van der Waals surface area contributed by atoms with Gasteiger partial charge in [-0.05, 0) is 25.9 Å². The van der Waals surface area contributed by atoms with Crippen LogP contribution in [0.1, 0.15) is 24.5 Å². The molecule has 1 aromatic rings. The van der Waals surface area contributed by atoms with Crippen molar-refractivity contribution in [2.75, 3.05) is 30.3 Å². The summed E-state index contributed by atoms with van der Waals surface area (Å²) in [5, 5.41) is 4.22. The zero-order valence-corrected chi connectivity index (χ0v) is 12.3. The van der Waals surface area contributed by atoms with Crippen molar-refractivity contribution in [2.45, 2.75) is 30.6 Å². The SMILES string of the molecule is c1ncn(CC2CSCCS2)c1C1CCNCC1. The summed E-state index contributed by atoms with van der Waals surface area (Å²) in [6.07, 6.45) is 6.66. The minimum Gasteiger partial charge on any atom is -0.333 e. The normalized spacial score (nSPS) is 26.3. The van der Waals surface area contributed by atoms with E-state index in [0.29, 0.717) is 0 Å². The van der Waals surface area contributed by atoms with Gasteiger partial charge in [0, 0.05) is 46.9 Å². The molecule has 0 spiro atoms. The van der Waals surface area contributed by atoms with Crippen LogP contribution in [0.15, 0.2) is 12.5 Å². The largest absolute Gasteiger partial charge is 0.333 e.